The number of ether oxygens (including phenoxy) is 1. The number of halogens is 21. The number of primary sulfonamides is 1. The van der Waals surface area contributed by atoms with Crippen molar-refractivity contribution in [3.63, 3.8) is 0 Å². The fraction of sp³-hybridized carbons (Fsp3) is 1.00. The predicted molar refractivity (Wildman–Crippen MR) is 69.5 cm³/mol. The Morgan fingerprint density at radius 1 is 0.472 bits per heavy atom. The second-order valence-corrected chi connectivity index (χ2v) is 8.22. The molecule has 0 aliphatic rings. The van der Waals surface area contributed by atoms with Crippen LogP contribution in [0.1, 0.15) is 0 Å². The highest BCUT2D eigenvalue weighted by Gasteiger charge is 2.95. The average molecular weight is 632 g/mol. The average Bonchev–Trinajstić information content (AvgIpc) is 2.57. The van der Waals surface area contributed by atoms with Crippen LogP contribution in [0, 0.1) is 0 Å². The Hall–Kier alpha value is -1.24. The first kappa shape index (κ1) is 34.8. The van der Waals surface area contributed by atoms with Gasteiger partial charge in [-0.25, -0.2) is 18.3 Å². The Morgan fingerprint density at radius 3 is 0.972 bits per heavy atom. The summed E-state index contributed by atoms with van der Waals surface area (Å²) in [5, 5.41) is -11.0. The van der Waals surface area contributed by atoms with Gasteiger partial charge in [-0.15, -0.1) is 0 Å². The quantitative estimate of drug-likeness (QED) is 0.235. The lowest BCUT2D eigenvalue weighted by Crippen LogP contribution is -2.75. The molecule has 0 aliphatic heterocycles. The molecule has 0 aromatic rings. The van der Waals surface area contributed by atoms with E-state index >= 15 is 0 Å². The van der Waals surface area contributed by atoms with Crippen LogP contribution in [0.2, 0.25) is 0 Å². The third kappa shape index (κ3) is 4.49. The normalized spacial score (nSPS) is 16.9. The second kappa shape index (κ2) is 8.38. The molecule has 0 radical (unpaired) electrons. The van der Waals surface area contributed by atoms with Gasteiger partial charge in [0.25, 0.3) is 10.0 Å². The van der Waals surface area contributed by atoms with Crippen molar-refractivity contribution in [3.8, 4) is 0 Å². The van der Waals surface area contributed by atoms with Gasteiger partial charge in [0.2, 0.25) is 0 Å². The van der Waals surface area contributed by atoms with Crippen LogP contribution < -0.4 is 5.14 Å². The third-order valence-electron chi connectivity index (χ3n) is 3.65. The molecule has 0 rings (SSSR count). The molecule has 2 N–H and O–H groups in total. The Labute approximate surface area is 187 Å². The van der Waals surface area contributed by atoms with Crippen molar-refractivity contribution in [2.75, 3.05) is 0 Å². The molecule has 0 saturated carbocycles. The monoisotopic (exact) mass is 631 g/mol. The van der Waals surface area contributed by atoms with Crippen molar-refractivity contribution in [2.45, 2.75) is 58.4 Å². The topological polar surface area (TPSA) is 69.4 Å². The van der Waals surface area contributed by atoms with E-state index in [2.05, 4.69) is 16.7 Å². The predicted octanol–water partition coefficient (Wildman–Crippen LogP) is 5.71. The molecule has 0 fully saturated rings. The highest BCUT2D eigenvalue weighted by molar-refractivity contribution is 7.90. The first-order chi connectivity index (χ1) is 15.0. The number of sulfonamides is 1. The zero-order valence-electron chi connectivity index (χ0n) is 15.1. The molecule has 36 heavy (non-hydrogen) atoms. The highest BCUT2D eigenvalue weighted by atomic mass is 35.5. The van der Waals surface area contributed by atoms with E-state index in [1.54, 1.807) is 0 Å². The van der Waals surface area contributed by atoms with Gasteiger partial charge in [-0.3, -0.25) is 0 Å². The smallest absolute Gasteiger partial charge is 0.244 e. The summed E-state index contributed by atoms with van der Waals surface area (Å²) in [7, 11) is -7.22. The highest BCUT2D eigenvalue weighted by Crippen LogP contribution is 2.64. The number of rotatable bonds is 11. The minimum atomic E-state index is -9.09. The zero-order valence-corrected chi connectivity index (χ0v) is 16.7. The van der Waals surface area contributed by atoms with Crippen LogP contribution >= 0.6 is 11.6 Å². The van der Waals surface area contributed by atoms with E-state index in [1.165, 1.54) is 0 Å². The van der Waals surface area contributed by atoms with E-state index in [0.29, 0.717) is 0 Å². The molecule has 0 aromatic carbocycles. The fourth-order valence-corrected chi connectivity index (χ4v) is 2.09. The minimum Gasteiger partial charge on any atom is -0.244 e. The number of nitrogens with two attached hydrogens (primary N) is 1. The van der Waals surface area contributed by atoms with Gasteiger partial charge in [0, 0.05) is 0 Å². The van der Waals surface area contributed by atoms with Crippen molar-refractivity contribution in [3.05, 3.63) is 0 Å². The van der Waals surface area contributed by atoms with Crippen LogP contribution in [-0.2, 0) is 14.8 Å². The van der Waals surface area contributed by atoms with E-state index in [9.17, 15) is 96.2 Å². The third-order valence-corrected chi connectivity index (χ3v) is 4.84. The minimum absolute atomic E-state index is 1.12. The molecule has 0 atom stereocenters. The van der Waals surface area contributed by atoms with E-state index in [0.717, 1.165) is 4.74 Å². The summed E-state index contributed by atoms with van der Waals surface area (Å²) in [4.78, 5) is 0. The summed E-state index contributed by atoms with van der Waals surface area (Å²) < 4.78 is 283. The first-order valence-corrected chi connectivity index (χ1v) is 9.07. The Kier molecular flexibility index (Phi) is 8.09. The molecule has 218 valence electrons. The van der Waals surface area contributed by atoms with E-state index in [-0.39, 0.29) is 0 Å². The van der Waals surface area contributed by atoms with E-state index in [1.807, 2.05) is 0 Å². The van der Waals surface area contributed by atoms with E-state index in [4.69, 9.17) is 0 Å². The van der Waals surface area contributed by atoms with Crippen LogP contribution in [0.5, 0.6) is 0 Å². The number of hydrogen-bond acceptors (Lipinski definition) is 3. The van der Waals surface area contributed by atoms with Gasteiger partial charge in [-0.05, 0) is 11.6 Å². The largest absolute Gasteiger partial charge is 0.448 e. The molecule has 0 aromatic heterocycles. The van der Waals surface area contributed by atoms with Crippen LogP contribution in [-0.4, -0.2) is 66.8 Å². The van der Waals surface area contributed by atoms with Gasteiger partial charge in [-0.1, -0.05) is 0 Å². The van der Waals surface area contributed by atoms with Gasteiger partial charge in [0.15, 0.2) is 0 Å². The van der Waals surface area contributed by atoms with Gasteiger partial charge in [0.1, 0.15) is 0 Å². The molecule has 0 unspecified atom stereocenters. The number of alkyl halides is 21. The van der Waals surface area contributed by atoms with Gasteiger partial charge in [0.05, 0.1) is 0 Å². The maximum Gasteiger partial charge on any atom is 0.448 e. The molecule has 4 nitrogen and oxygen atoms in total. The summed E-state index contributed by atoms with van der Waals surface area (Å²) in [5.74, 6) is -52.7. The van der Waals surface area contributed by atoms with E-state index < -0.39 is 68.4 Å². The van der Waals surface area contributed by atoms with Gasteiger partial charge >= 0.3 is 58.4 Å². The second-order valence-electron chi connectivity index (χ2n) is 6.14. The summed E-state index contributed by atoms with van der Waals surface area (Å²) in [6.45, 7) is 0. The molecule has 0 spiro atoms. The lowest BCUT2D eigenvalue weighted by molar-refractivity contribution is -0.503. The molecular formula is C10H2ClF20NO3S. The van der Waals surface area contributed by atoms with Crippen LogP contribution in [0.4, 0.5) is 87.8 Å². The molecule has 0 aliphatic carbocycles. The molecule has 26 heteroatoms. The SMILES string of the molecule is NS(=O)(=O)C(F)(F)C(F)(F)OC(F)(F)C(F)(F)C(F)(F)C(F)(F)C(F)(F)C(F)(F)C(F)(F)C(F)(F)Cl. The van der Waals surface area contributed by atoms with Crippen LogP contribution in [0.15, 0.2) is 0 Å². The molecule has 0 heterocycles. The first-order valence-electron chi connectivity index (χ1n) is 7.15. The van der Waals surface area contributed by atoms with Crippen molar-refractivity contribution in [1.29, 1.82) is 0 Å². The summed E-state index contributed by atoms with van der Waals surface area (Å²) >= 11 is 3.26. The van der Waals surface area contributed by atoms with Crippen LogP contribution in [0.3, 0.4) is 0 Å². The van der Waals surface area contributed by atoms with Crippen molar-refractivity contribution < 1.29 is 101 Å². The molecule has 0 bridgehead atoms. The Balaban J connectivity index is 6.91. The standard InChI is InChI=1S/C10H2ClF20NO3S/c11-7(24,25)5(20,21)3(16,17)1(12,13)2(14,15)4(18,19)6(22,23)8(26,27)35-9(28,29)10(30,31)36(32,33)34/h(H2,32,33,34). The summed E-state index contributed by atoms with van der Waals surface area (Å²) in [6.07, 6.45) is -16.1. The van der Waals surface area contributed by atoms with Crippen molar-refractivity contribution in [1.82, 2.24) is 0 Å². The van der Waals surface area contributed by atoms with Crippen molar-refractivity contribution in [2.24, 2.45) is 5.14 Å². The maximum absolute atomic E-state index is 13.4. The zero-order chi connectivity index (χ0) is 30.2. The Bertz CT molecular complexity index is 940. The van der Waals surface area contributed by atoms with Gasteiger partial charge in [-0.2, -0.15) is 87.8 Å². The molecule has 0 amide bonds. The van der Waals surface area contributed by atoms with Gasteiger partial charge < -0.3 is 0 Å². The van der Waals surface area contributed by atoms with Crippen LogP contribution in [0.25, 0.3) is 0 Å². The Morgan fingerprint density at radius 2 is 0.722 bits per heavy atom. The number of hydrogen-bond donors (Lipinski definition) is 1. The fourth-order valence-electron chi connectivity index (χ4n) is 1.60. The molecular weight excluding hydrogens is 630 g/mol. The summed E-state index contributed by atoms with van der Waals surface area (Å²) in [6, 6.07) is 0. The van der Waals surface area contributed by atoms with Crippen molar-refractivity contribution >= 4 is 21.6 Å². The summed E-state index contributed by atoms with van der Waals surface area (Å²) in [5.41, 5.74) is 0. The lowest BCUT2D eigenvalue weighted by atomic mass is 9.91. The lowest BCUT2D eigenvalue weighted by Gasteiger charge is -2.43. The molecule has 0 saturated heterocycles. The maximum atomic E-state index is 13.4.